The molecule has 0 aliphatic carbocycles. The first-order valence-electron chi connectivity index (χ1n) is 8.80. The van der Waals surface area contributed by atoms with Crippen molar-refractivity contribution in [2.45, 2.75) is 31.6 Å². The van der Waals surface area contributed by atoms with E-state index in [0.29, 0.717) is 50.3 Å². The minimum absolute atomic E-state index is 0.00760. The molecule has 2 saturated heterocycles. The number of carbonyl (C=O) groups is 2. The molecule has 3 aliphatic rings. The first kappa shape index (κ1) is 17.2. The van der Waals surface area contributed by atoms with E-state index in [1.54, 1.807) is 19.1 Å². The fraction of sp³-hybridized carbons (Fsp3) is 0.556. The molecule has 8 heteroatoms. The molecular weight excluding hydrogens is 343 g/mol. The number of morpholine rings is 1. The molecule has 0 spiro atoms. The Hall–Kier alpha value is -2.19. The molecule has 2 fully saturated rings. The van der Waals surface area contributed by atoms with Gasteiger partial charge in [0.1, 0.15) is 11.9 Å². The van der Waals surface area contributed by atoms with Crippen LogP contribution >= 0.6 is 0 Å². The van der Waals surface area contributed by atoms with Gasteiger partial charge >= 0.3 is 12.1 Å². The van der Waals surface area contributed by atoms with E-state index >= 15 is 4.39 Å². The van der Waals surface area contributed by atoms with Crippen molar-refractivity contribution in [3.05, 3.63) is 34.6 Å². The van der Waals surface area contributed by atoms with Gasteiger partial charge < -0.3 is 19.5 Å². The van der Waals surface area contributed by atoms with Crippen molar-refractivity contribution < 1.29 is 28.6 Å². The predicted octanol–water partition coefficient (Wildman–Crippen LogP) is 1.66. The van der Waals surface area contributed by atoms with Gasteiger partial charge in [-0.1, -0.05) is 6.07 Å². The SMILES string of the molecule is C[C@H]1Cc2c(ccc([C@@H]3CN4CCN(C(=O)O)C[C@@H]4CO3)c2F)C(=O)O1. The molecule has 1 N–H and O–H groups in total. The summed E-state index contributed by atoms with van der Waals surface area (Å²) < 4.78 is 26.1. The summed E-state index contributed by atoms with van der Waals surface area (Å²) in [4.78, 5) is 26.6. The fourth-order valence-electron chi connectivity index (χ4n) is 4.00. The molecule has 0 aromatic heterocycles. The van der Waals surface area contributed by atoms with E-state index in [-0.39, 0.29) is 17.7 Å². The number of ether oxygens (including phenoxy) is 2. The lowest BCUT2D eigenvalue weighted by Crippen LogP contribution is -2.59. The molecule has 3 heterocycles. The summed E-state index contributed by atoms with van der Waals surface area (Å²) in [5.74, 6) is -0.878. The minimum Gasteiger partial charge on any atom is -0.465 e. The summed E-state index contributed by atoms with van der Waals surface area (Å²) in [6.45, 7) is 4.05. The Morgan fingerprint density at radius 2 is 2.12 bits per heavy atom. The molecule has 1 amide bonds. The summed E-state index contributed by atoms with van der Waals surface area (Å²) in [5, 5.41) is 9.13. The van der Waals surface area contributed by atoms with E-state index in [1.807, 2.05) is 0 Å². The number of hydrogen-bond acceptors (Lipinski definition) is 5. The number of carboxylic acid groups (broad SMARTS) is 1. The van der Waals surface area contributed by atoms with Crippen LogP contribution in [0.1, 0.15) is 34.5 Å². The highest BCUT2D eigenvalue weighted by molar-refractivity contribution is 5.92. The lowest BCUT2D eigenvalue weighted by atomic mass is 9.93. The zero-order valence-corrected chi connectivity index (χ0v) is 14.5. The van der Waals surface area contributed by atoms with Gasteiger partial charge in [0.05, 0.1) is 24.3 Å². The highest BCUT2D eigenvalue weighted by atomic mass is 19.1. The first-order valence-corrected chi connectivity index (χ1v) is 8.80. The van der Waals surface area contributed by atoms with Gasteiger partial charge in [-0.25, -0.2) is 14.0 Å². The van der Waals surface area contributed by atoms with Crippen LogP contribution in [0.4, 0.5) is 9.18 Å². The largest absolute Gasteiger partial charge is 0.465 e. The van der Waals surface area contributed by atoms with E-state index in [4.69, 9.17) is 14.6 Å². The second-order valence-corrected chi connectivity index (χ2v) is 7.11. The molecule has 3 aliphatic heterocycles. The van der Waals surface area contributed by atoms with Gasteiger partial charge in [-0.3, -0.25) is 4.90 Å². The number of carbonyl (C=O) groups excluding carboxylic acids is 1. The Bertz CT molecular complexity index is 755. The van der Waals surface area contributed by atoms with Crippen LogP contribution < -0.4 is 0 Å². The number of amides is 1. The summed E-state index contributed by atoms with van der Waals surface area (Å²) in [7, 11) is 0. The number of nitrogens with zero attached hydrogens (tertiary/aromatic N) is 2. The lowest BCUT2D eigenvalue weighted by Gasteiger charge is -2.45. The molecule has 0 radical (unpaired) electrons. The van der Waals surface area contributed by atoms with Gasteiger partial charge in [-0.2, -0.15) is 0 Å². The second-order valence-electron chi connectivity index (χ2n) is 7.11. The zero-order valence-electron chi connectivity index (χ0n) is 14.5. The quantitative estimate of drug-likeness (QED) is 0.764. The zero-order chi connectivity index (χ0) is 18.4. The summed E-state index contributed by atoms with van der Waals surface area (Å²) in [6.07, 6.45) is -1.34. The summed E-state index contributed by atoms with van der Waals surface area (Å²) >= 11 is 0. The van der Waals surface area contributed by atoms with E-state index in [2.05, 4.69) is 4.90 Å². The summed E-state index contributed by atoms with van der Waals surface area (Å²) in [6, 6.07) is 3.20. The number of piperazine rings is 1. The van der Waals surface area contributed by atoms with Crippen molar-refractivity contribution in [3.63, 3.8) is 0 Å². The molecule has 1 aromatic carbocycles. The van der Waals surface area contributed by atoms with E-state index in [0.717, 1.165) is 0 Å². The molecule has 0 saturated carbocycles. The van der Waals surface area contributed by atoms with Gasteiger partial charge in [-0.15, -0.1) is 0 Å². The Morgan fingerprint density at radius 3 is 2.88 bits per heavy atom. The Labute approximate surface area is 150 Å². The predicted molar refractivity (Wildman–Crippen MR) is 88.6 cm³/mol. The average Bonchev–Trinajstić information content (AvgIpc) is 2.61. The molecule has 140 valence electrons. The van der Waals surface area contributed by atoms with Crippen LogP contribution in [0.25, 0.3) is 0 Å². The Balaban J connectivity index is 1.54. The Morgan fingerprint density at radius 1 is 1.31 bits per heavy atom. The van der Waals surface area contributed by atoms with Gasteiger partial charge in [0.15, 0.2) is 0 Å². The molecule has 7 nitrogen and oxygen atoms in total. The summed E-state index contributed by atoms with van der Waals surface area (Å²) in [5.41, 5.74) is 1.13. The van der Waals surface area contributed by atoms with E-state index in [1.165, 1.54) is 4.90 Å². The van der Waals surface area contributed by atoms with Crippen LogP contribution in [0.3, 0.4) is 0 Å². The maximum Gasteiger partial charge on any atom is 0.407 e. The smallest absolute Gasteiger partial charge is 0.407 e. The van der Waals surface area contributed by atoms with E-state index in [9.17, 15) is 9.59 Å². The maximum atomic E-state index is 15.1. The van der Waals surface area contributed by atoms with Crippen molar-refractivity contribution in [3.8, 4) is 0 Å². The topological polar surface area (TPSA) is 79.3 Å². The molecule has 0 unspecified atom stereocenters. The number of cyclic esters (lactones) is 1. The van der Waals surface area contributed by atoms with Crippen LogP contribution in [-0.4, -0.2) is 71.9 Å². The molecule has 0 bridgehead atoms. The molecule has 3 atom stereocenters. The standard InChI is InChI=1S/C18H21FN2O5/c1-10-6-14-12(17(22)26-10)2-3-13(16(14)19)15-8-20-4-5-21(18(23)24)7-11(20)9-25-15/h2-3,10-11,15H,4-9H2,1H3,(H,23,24)/t10-,11+,15-/m0/s1. The third-order valence-corrected chi connectivity index (χ3v) is 5.40. The van der Waals surface area contributed by atoms with Crippen molar-refractivity contribution in [1.29, 1.82) is 0 Å². The van der Waals surface area contributed by atoms with Crippen LogP contribution in [0.15, 0.2) is 12.1 Å². The maximum absolute atomic E-state index is 15.1. The van der Waals surface area contributed by atoms with Crippen molar-refractivity contribution in [2.24, 2.45) is 0 Å². The second kappa shape index (κ2) is 6.51. The normalized spacial score (nSPS) is 28.9. The van der Waals surface area contributed by atoms with Crippen molar-refractivity contribution in [2.75, 3.05) is 32.8 Å². The van der Waals surface area contributed by atoms with E-state index < -0.39 is 24.0 Å². The van der Waals surface area contributed by atoms with Gasteiger partial charge in [-0.05, 0) is 13.0 Å². The molecule has 26 heavy (non-hydrogen) atoms. The molecule has 1 aromatic rings. The van der Waals surface area contributed by atoms with Gasteiger partial charge in [0, 0.05) is 43.7 Å². The fourth-order valence-corrected chi connectivity index (χ4v) is 4.00. The number of esters is 1. The number of benzene rings is 1. The van der Waals surface area contributed by atoms with Crippen LogP contribution in [0.2, 0.25) is 0 Å². The third kappa shape index (κ3) is 2.93. The molecule has 4 rings (SSSR count). The van der Waals surface area contributed by atoms with Crippen molar-refractivity contribution in [1.82, 2.24) is 9.80 Å². The third-order valence-electron chi connectivity index (χ3n) is 5.40. The van der Waals surface area contributed by atoms with Gasteiger partial charge in [0.25, 0.3) is 0 Å². The highest BCUT2D eigenvalue weighted by Crippen LogP contribution is 2.33. The minimum atomic E-state index is -0.923. The Kier molecular flexibility index (Phi) is 4.32. The van der Waals surface area contributed by atoms with Crippen LogP contribution in [0.5, 0.6) is 0 Å². The monoisotopic (exact) mass is 364 g/mol. The molecular formula is C18H21FN2O5. The lowest BCUT2D eigenvalue weighted by molar-refractivity contribution is -0.0877. The highest BCUT2D eigenvalue weighted by Gasteiger charge is 2.37. The van der Waals surface area contributed by atoms with Crippen LogP contribution in [-0.2, 0) is 15.9 Å². The number of fused-ring (bicyclic) bond motifs is 2. The number of hydrogen-bond donors (Lipinski definition) is 1. The van der Waals surface area contributed by atoms with Gasteiger partial charge in [0.2, 0.25) is 0 Å². The van der Waals surface area contributed by atoms with Crippen molar-refractivity contribution >= 4 is 12.1 Å². The van der Waals surface area contributed by atoms with Crippen LogP contribution in [0, 0.1) is 5.82 Å². The average molecular weight is 364 g/mol. The number of halogens is 1. The first-order chi connectivity index (χ1) is 12.4. The number of rotatable bonds is 1.